The van der Waals surface area contributed by atoms with Crippen LogP contribution in [0.5, 0.6) is 0 Å². The van der Waals surface area contributed by atoms with E-state index in [0.717, 1.165) is 0 Å². The first-order chi connectivity index (χ1) is 4.36. The number of carboxylic acids is 1. The summed E-state index contributed by atoms with van der Waals surface area (Å²) in [6.45, 7) is 5.25. The average Bonchev–Trinajstić information content (AvgIpc) is 1.64. The fraction of sp³-hybridized carbons (Fsp3) is 0.400. The monoisotopic (exact) mass is 156 g/mol. The Bertz CT molecular complexity index is 117. The lowest BCUT2D eigenvalue weighted by Gasteiger charge is -1.93. The molecule has 0 rings (SSSR count). The van der Waals surface area contributed by atoms with Crippen molar-refractivity contribution in [2.45, 2.75) is 13.1 Å². The highest BCUT2D eigenvalue weighted by molar-refractivity contribution is 5.73. The Morgan fingerprint density at radius 2 is 1.70 bits per heavy atom. The van der Waals surface area contributed by atoms with Crippen LogP contribution < -0.4 is 0 Å². The minimum Gasteiger partial charge on any atom is -0.475 e. The highest BCUT2D eigenvalue weighted by Crippen LogP contribution is 2.13. The second-order valence-corrected chi connectivity index (χ2v) is 1.21. The van der Waals surface area contributed by atoms with E-state index in [1.165, 1.54) is 0 Å². The van der Waals surface area contributed by atoms with Crippen molar-refractivity contribution in [3.8, 4) is 0 Å². The molecule has 0 aliphatic rings. The first-order valence-corrected chi connectivity index (χ1v) is 2.23. The van der Waals surface area contributed by atoms with Crippen LogP contribution in [0.2, 0.25) is 0 Å². The number of carbonyl (C=O) groups is 1. The molecule has 0 aliphatic carbocycles. The van der Waals surface area contributed by atoms with Crippen molar-refractivity contribution < 1.29 is 23.1 Å². The van der Waals surface area contributed by atoms with E-state index < -0.39 is 12.1 Å². The zero-order chi connectivity index (χ0) is 8.78. The van der Waals surface area contributed by atoms with Crippen LogP contribution in [0.4, 0.5) is 13.2 Å². The summed E-state index contributed by atoms with van der Waals surface area (Å²) in [5, 5.41) is 7.12. The maximum Gasteiger partial charge on any atom is 0.490 e. The van der Waals surface area contributed by atoms with Crippen LogP contribution >= 0.6 is 0 Å². The summed E-state index contributed by atoms with van der Waals surface area (Å²) >= 11 is 0. The summed E-state index contributed by atoms with van der Waals surface area (Å²) in [7, 11) is 0. The quantitative estimate of drug-likeness (QED) is 0.543. The second-order valence-electron chi connectivity index (χ2n) is 1.21. The summed E-state index contributed by atoms with van der Waals surface area (Å²) in [4.78, 5) is 8.90. The van der Waals surface area contributed by atoms with Crippen LogP contribution in [0.25, 0.3) is 0 Å². The van der Waals surface area contributed by atoms with Gasteiger partial charge < -0.3 is 5.11 Å². The van der Waals surface area contributed by atoms with Crippen LogP contribution in [-0.4, -0.2) is 17.3 Å². The van der Waals surface area contributed by atoms with Crippen molar-refractivity contribution in [2.75, 3.05) is 0 Å². The predicted molar refractivity (Wildman–Crippen MR) is 29.6 cm³/mol. The Balaban J connectivity index is 0. The largest absolute Gasteiger partial charge is 0.490 e. The molecule has 0 aliphatic heterocycles. The summed E-state index contributed by atoms with van der Waals surface area (Å²) in [5.41, 5.74) is 0. The van der Waals surface area contributed by atoms with Gasteiger partial charge in [0.05, 0.1) is 0 Å². The van der Waals surface area contributed by atoms with E-state index in [-0.39, 0.29) is 0 Å². The summed E-state index contributed by atoms with van der Waals surface area (Å²) in [6, 6.07) is 0. The molecule has 10 heavy (non-hydrogen) atoms. The first-order valence-electron chi connectivity index (χ1n) is 2.23. The van der Waals surface area contributed by atoms with Gasteiger partial charge >= 0.3 is 12.1 Å². The van der Waals surface area contributed by atoms with Crippen molar-refractivity contribution in [3.63, 3.8) is 0 Å². The zero-order valence-electron chi connectivity index (χ0n) is 5.27. The van der Waals surface area contributed by atoms with Crippen LogP contribution in [-0.2, 0) is 4.79 Å². The van der Waals surface area contributed by atoms with Crippen molar-refractivity contribution in [3.05, 3.63) is 12.7 Å². The molecule has 0 aromatic heterocycles. The van der Waals surface area contributed by atoms with Crippen molar-refractivity contribution in [2.24, 2.45) is 0 Å². The number of aliphatic carboxylic acids is 1. The van der Waals surface area contributed by atoms with Crippen LogP contribution in [0, 0.1) is 0 Å². The van der Waals surface area contributed by atoms with Crippen LogP contribution in [0.1, 0.15) is 6.92 Å². The molecule has 0 amide bonds. The van der Waals surface area contributed by atoms with E-state index in [0.29, 0.717) is 0 Å². The minimum atomic E-state index is -5.08. The molecule has 60 valence electrons. The number of rotatable bonds is 0. The molecule has 5 heteroatoms. The molecule has 0 bridgehead atoms. The number of hydrogen-bond acceptors (Lipinski definition) is 1. The molecule has 0 aromatic carbocycles. The topological polar surface area (TPSA) is 37.3 Å². The van der Waals surface area contributed by atoms with E-state index in [2.05, 4.69) is 6.58 Å². The molecule has 0 fully saturated rings. The predicted octanol–water partition coefficient (Wildman–Crippen LogP) is 1.83. The van der Waals surface area contributed by atoms with Crippen molar-refractivity contribution in [1.82, 2.24) is 0 Å². The minimum absolute atomic E-state index is 1.75. The molecule has 0 atom stereocenters. The third-order valence-electron chi connectivity index (χ3n) is 0.243. The van der Waals surface area contributed by atoms with Gasteiger partial charge in [-0.25, -0.2) is 4.79 Å². The smallest absolute Gasteiger partial charge is 0.475 e. The molecular weight excluding hydrogens is 149 g/mol. The van der Waals surface area contributed by atoms with Gasteiger partial charge in [-0.15, -0.1) is 6.58 Å². The lowest BCUT2D eigenvalue weighted by molar-refractivity contribution is -0.192. The van der Waals surface area contributed by atoms with Crippen molar-refractivity contribution in [1.29, 1.82) is 0 Å². The van der Waals surface area contributed by atoms with Gasteiger partial charge in [-0.1, -0.05) is 6.08 Å². The van der Waals surface area contributed by atoms with Gasteiger partial charge in [-0.3, -0.25) is 0 Å². The van der Waals surface area contributed by atoms with E-state index in [1.54, 1.807) is 6.08 Å². The molecule has 2 nitrogen and oxygen atoms in total. The fourth-order valence-corrected chi connectivity index (χ4v) is 0. The summed E-state index contributed by atoms with van der Waals surface area (Å²) < 4.78 is 31.7. The highest BCUT2D eigenvalue weighted by Gasteiger charge is 2.38. The molecule has 0 aromatic rings. The third-order valence-corrected chi connectivity index (χ3v) is 0.243. The number of alkyl halides is 3. The molecule has 0 saturated heterocycles. The lowest BCUT2D eigenvalue weighted by Crippen LogP contribution is -2.21. The Kier molecular flexibility index (Phi) is 5.69. The van der Waals surface area contributed by atoms with Gasteiger partial charge in [0.1, 0.15) is 0 Å². The molecule has 1 N–H and O–H groups in total. The summed E-state index contributed by atoms with van der Waals surface area (Å²) in [6.07, 6.45) is -3.33. The molecule has 0 saturated carbocycles. The van der Waals surface area contributed by atoms with E-state index in [4.69, 9.17) is 9.90 Å². The Labute approximate surface area is 56.0 Å². The Hall–Kier alpha value is -1.00. The van der Waals surface area contributed by atoms with E-state index >= 15 is 0 Å². The van der Waals surface area contributed by atoms with Crippen LogP contribution in [0.15, 0.2) is 12.7 Å². The van der Waals surface area contributed by atoms with Gasteiger partial charge in [0.25, 0.3) is 0 Å². The number of hydrogen-bond donors (Lipinski definition) is 1. The van der Waals surface area contributed by atoms with Gasteiger partial charge in [-0.2, -0.15) is 13.2 Å². The maximum absolute atomic E-state index is 10.6. The number of halogens is 3. The van der Waals surface area contributed by atoms with Gasteiger partial charge in [-0.05, 0) is 6.92 Å². The lowest BCUT2D eigenvalue weighted by atomic mass is 10.7. The molecule has 0 unspecified atom stereocenters. The van der Waals surface area contributed by atoms with Crippen LogP contribution in [0.3, 0.4) is 0 Å². The zero-order valence-corrected chi connectivity index (χ0v) is 5.27. The Morgan fingerprint density at radius 3 is 1.70 bits per heavy atom. The molecule has 0 heterocycles. The number of allylic oxidation sites excluding steroid dienone is 1. The highest BCUT2D eigenvalue weighted by atomic mass is 19.4. The Morgan fingerprint density at radius 1 is 1.60 bits per heavy atom. The normalized spacial score (nSPS) is 9.20. The summed E-state index contributed by atoms with van der Waals surface area (Å²) in [5.74, 6) is -2.76. The molecule has 0 radical (unpaired) electrons. The third kappa shape index (κ3) is 10.1. The van der Waals surface area contributed by atoms with E-state index in [9.17, 15) is 13.2 Å². The molecular formula is C5H7F3O2. The van der Waals surface area contributed by atoms with Gasteiger partial charge in [0.15, 0.2) is 0 Å². The molecule has 0 spiro atoms. The van der Waals surface area contributed by atoms with Crippen molar-refractivity contribution >= 4 is 5.97 Å². The first kappa shape index (κ1) is 11.8. The van der Waals surface area contributed by atoms with E-state index in [1.807, 2.05) is 6.92 Å². The maximum atomic E-state index is 10.6. The average molecular weight is 156 g/mol. The SMILES string of the molecule is C=CC.O=C(O)C(F)(F)F. The second kappa shape index (κ2) is 4.84. The van der Waals surface area contributed by atoms with Gasteiger partial charge in [0.2, 0.25) is 0 Å². The standard InChI is InChI=1S/C3H6.C2HF3O2/c1-3-2;3-2(4,5)1(6)7/h3H,1H2,2H3;(H,6,7). The van der Waals surface area contributed by atoms with Gasteiger partial charge in [0, 0.05) is 0 Å². The fourth-order valence-electron chi connectivity index (χ4n) is 0. The number of carboxylic acid groups (broad SMARTS) is 1.